The summed E-state index contributed by atoms with van der Waals surface area (Å²) < 4.78 is 20.5. The molecule has 0 atom stereocenters. The average molecular weight is 290 g/mol. The number of aromatic amines is 1. The predicted molar refractivity (Wildman–Crippen MR) is 75.3 cm³/mol. The molecule has 7 heteroatoms. The second kappa shape index (κ2) is 6.65. The lowest BCUT2D eigenvalue weighted by molar-refractivity contribution is 0.197. The number of hydrogen-bond acceptors (Lipinski definition) is 4. The lowest BCUT2D eigenvalue weighted by Crippen LogP contribution is -2.18. The van der Waals surface area contributed by atoms with E-state index in [1.807, 2.05) is 19.1 Å². The highest BCUT2D eigenvalue weighted by Gasteiger charge is 2.13. The molecule has 6 nitrogen and oxygen atoms in total. The number of benzene rings is 1. The van der Waals surface area contributed by atoms with Crippen molar-refractivity contribution in [2.45, 2.75) is 20.5 Å². The van der Waals surface area contributed by atoms with E-state index in [4.69, 9.17) is 4.74 Å². The number of H-pyrrole nitrogens is 1. The molecule has 1 heterocycles. The first-order chi connectivity index (χ1) is 10.1. The van der Waals surface area contributed by atoms with Crippen LogP contribution in [0.5, 0.6) is 0 Å². The molecular weight excluding hydrogens is 275 g/mol. The summed E-state index contributed by atoms with van der Waals surface area (Å²) in [5.74, 6) is 0.163. The molecule has 0 spiro atoms. The van der Waals surface area contributed by atoms with Crippen molar-refractivity contribution < 1.29 is 9.13 Å². The first-order valence-electron chi connectivity index (χ1n) is 6.34. The molecule has 110 valence electrons. The minimum atomic E-state index is -0.539. The monoisotopic (exact) mass is 290 g/mol. The molecule has 0 aliphatic rings. The first kappa shape index (κ1) is 14.7. The van der Waals surface area contributed by atoms with E-state index in [-0.39, 0.29) is 12.2 Å². The predicted octanol–water partition coefficient (Wildman–Crippen LogP) is 2.09. The van der Waals surface area contributed by atoms with E-state index in [1.54, 1.807) is 19.1 Å². The van der Waals surface area contributed by atoms with Crippen molar-refractivity contribution in [3.05, 3.63) is 64.1 Å². The number of hydrogen-bond donors (Lipinski definition) is 1. The van der Waals surface area contributed by atoms with Crippen molar-refractivity contribution in [3.63, 3.8) is 0 Å². The Labute approximate surface area is 120 Å². The molecule has 2 rings (SSSR count). The van der Waals surface area contributed by atoms with Crippen LogP contribution in [0, 0.1) is 5.82 Å². The fraction of sp³-hybridized carbons (Fsp3) is 0.214. The standard InChI is InChI=1S/C14H15FN4O2/c1-3-4-6-10(2)21-9-11-12(15)7-5-8-13(11)19-14(20)16-17-18-19/h3-8H,9H2,1-2H3,(H,16,18,20)/b4-3?,10-6+. The van der Waals surface area contributed by atoms with Crippen LogP contribution in [0.1, 0.15) is 19.4 Å². The fourth-order valence-corrected chi connectivity index (χ4v) is 1.71. The van der Waals surface area contributed by atoms with E-state index >= 15 is 0 Å². The van der Waals surface area contributed by atoms with Crippen LogP contribution in [0.25, 0.3) is 5.69 Å². The second-order valence-corrected chi connectivity index (χ2v) is 4.25. The smallest absolute Gasteiger partial charge is 0.365 e. The fourth-order valence-electron chi connectivity index (χ4n) is 1.71. The number of tetrazole rings is 1. The van der Waals surface area contributed by atoms with Crippen LogP contribution < -0.4 is 5.69 Å². The third-order valence-electron chi connectivity index (χ3n) is 2.76. The maximum Gasteiger partial charge on any atom is 0.365 e. The maximum atomic E-state index is 14.0. The first-order valence-corrected chi connectivity index (χ1v) is 6.34. The Balaban J connectivity index is 2.31. The molecule has 0 aliphatic heterocycles. The van der Waals surface area contributed by atoms with E-state index in [1.165, 1.54) is 12.1 Å². The highest BCUT2D eigenvalue weighted by atomic mass is 19.1. The Bertz CT molecular complexity index is 731. The van der Waals surface area contributed by atoms with Crippen LogP contribution in [0.4, 0.5) is 4.39 Å². The van der Waals surface area contributed by atoms with Gasteiger partial charge in [0.05, 0.1) is 17.0 Å². The average Bonchev–Trinajstić information content (AvgIpc) is 2.89. The van der Waals surface area contributed by atoms with E-state index in [0.29, 0.717) is 11.4 Å². The minimum absolute atomic E-state index is 0.0127. The van der Waals surface area contributed by atoms with Gasteiger partial charge in [0.25, 0.3) is 0 Å². The zero-order valence-corrected chi connectivity index (χ0v) is 11.7. The molecular formula is C14H15FN4O2. The highest BCUT2D eigenvalue weighted by Crippen LogP contribution is 2.18. The molecule has 1 N–H and O–H groups in total. The van der Waals surface area contributed by atoms with Crippen molar-refractivity contribution >= 4 is 0 Å². The largest absolute Gasteiger partial charge is 0.493 e. The zero-order valence-electron chi connectivity index (χ0n) is 11.7. The van der Waals surface area contributed by atoms with Gasteiger partial charge in [-0.3, -0.25) is 0 Å². The van der Waals surface area contributed by atoms with Gasteiger partial charge >= 0.3 is 5.69 Å². The van der Waals surface area contributed by atoms with Gasteiger partial charge in [0.1, 0.15) is 12.4 Å². The van der Waals surface area contributed by atoms with Gasteiger partial charge < -0.3 is 4.74 Å². The van der Waals surface area contributed by atoms with Crippen molar-refractivity contribution in [2.24, 2.45) is 0 Å². The normalized spacial score (nSPS) is 12.0. The zero-order chi connectivity index (χ0) is 15.2. The Hall–Kier alpha value is -2.70. The van der Waals surface area contributed by atoms with Gasteiger partial charge in [0.2, 0.25) is 0 Å². The highest BCUT2D eigenvalue weighted by molar-refractivity contribution is 5.40. The van der Waals surface area contributed by atoms with Crippen molar-refractivity contribution in [2.75, 3.05) is 0 Å². The van der Waals surface area contributed by atoms with E-state index < -0.39 is 11.5 Å². The van der Waals surface area contributed by atoms with Crippen molar-refractivity contribution in [3.8, 4) is 5.69 Å². The Morgan fingerprint density at radius 3 is 3.00 bits per heavy atom. The van der Waals surface area contributed by atoms with Crippen LogP contribution in [-0.2, 0) is 11.3 Å². The van der Waals surface area contributed by atoms with E-state index in [2.05, 4.69) is 15.5 Å². The quantitative estimate of drug-likeness (QED) is 0.676. The van der Waals surface area contributed by atoms with Gasteiger partial charge in [0.15, 0.2) is 0 Å². The van der Waals surface area contributed by atoms with Crippen LogP contribution in [-0.4, -0.2) is 20.2 Å². The summed E-state index contributed by atoms with van der Waals surface area (Å²) in [6, 6.07) is 4.38. The summed E-state index contributed by atoms with van der Waals surface area (Å²) in [7, 11) is 0. The van der Waals surface area contributed by atoms with E-state index in [9.17, 15) is 9.18 Å². The summed E-state index contributed by atoms with van der Waals surface area (Å²) >= 11 is 0. The third-order valence-corrected chi connectivity index (χ3v) is 2.76. The van der Waals surface area contributed by atoms with Gasteiger partial charge in [-0.2, -0.15) is 4.68 Å². The second-order valence-electron chi connectivity index (χ2n) is 4.25. The Morgan fingerprint density at radius 1 is 1.52 bits per heavy atom. The molecule has 0 aliphatic carbocycles. The van der Waals surface area contributed by atoms with Gasteiger partial charge in [-0.05, 0) is 42.5 Å². The number of ether oxygens (including phenoxy) is 1. The lowest BCUT2D eigenvalue weighted by Gasteiger charge is -2.11. The SMILES string of the molecule is CC=C/C=C(\C)OCc1c(F)cccc1-n1nn[nH]c1=O. The van der Waals surface area contributed by atoms with E-state index in [0.717, 1.165) is 4.68 Å². The van der Waals surface area contributed by atoms with Gasteiger partial charge in [0, 0.05) is 0 Å². The van der Waals surface area contributed by atoms with Crippen LogP contribution in [0.3, 0.4) is 0 Å². The molecule has 1 aromatic heterocycles. The number of halogens is 1. The number of aromatic nitrogens is 4. The van der Waals surface area contributed by atoms with Crippen LogP contribution in [0.15, 0.2) is 47.0 Å². The van der Waals surface area contributed by atoms with Gasteiger partial charge in [-0.1, -0.05) is 18.2 Å². The van der Waals surface area contributed by atoms with Crippen LogP contribution >= 0.6 is 0 Å². The van der Waals surface area contributed by atoms with Crippen molar-refractivity contribution in [1.29, 1.82) is 0 Å². The molecule has 0 unspecified atom stereocenters. The molecule has 2 aromatic rings. The molecule has 0 fully saturated rings. The Kier molecular flexibility index (Phi) is 4.65. The molecule has 0 saturated carbocycles. The van der Waals surface area contributed by atoms with Crippen molar-refractivity contribution in [1.82, 2.24) is 20.2 Å². The Morgan fingerprint density at radius 2 is 2.33 bits per heavy atom. The van der Waals surface area contributed by atoms with Crippen LogP contribution in [0.2, 0.25) is 0 Å². The summed E-state index contributed by atoms with van der Waals surface area (Å²) in [6.07, 6.45) is 5.44. The van der Waals surface area contributed by atoms with Gasteiger partial charge in [-0.15, -0.1) is 0 Å². The van der Waals surface area contributed by atoms with Gasteiger partial charge in [-0.25, -0.2) is 14.3 Å². The molecule has 0 saturated heterocycles. The number of nitrogens with one attached hydrogen (secondary N) is 1. The lowest BCUT2D eigenvalue weighted by atomic mass is 10.2. The molecule has 0 amide bonds. The molecule has 1 aromatic carbocycles. The molecule has 21 heavy (non-hydrogen) atoms. The third kappa shape index (κ3) is 3.44. The summed E-state index contributed by atoms with van der Waals surface area (Å²) in [5.41, 5.74) is -0.00246. The summed E-state index contributed by atoms with van der Waals surface area (Å²) in [5, 5.41) is 9.18. The number of nitrogens with zero attached hydrogens (tertiary/aromatic N) is 3. The number of allylic oxidation sites excluding steroid dienone is 4. The molecule has 0 bridgehead atoms. The minimum Gasteiger partial charge on any atom is -0.493 e. The summed E-state index contributed by atoms with van der Waals surface area (Å²) in [6.45, 7) is 3.64. The maximum absolute atomic E-state index is 14.0. The topological polar surface area (TPSA) is 72.8 Å². The molecule has 0 radical (unpaired) electrons. The number of rotatable bonds is 5. The summed E-state index contributed by atoms with van der Waals surface area (Å²) in [4.78, 5) is 11.6.